The standard InChI is InChI=1S/C10H15N5S/c1-2-3-4-7(11)9-6-16-10(13-9)8-5-12-15-14-8/h5-7H,2-4,11H2,1H3,(H,12,14,15). The minimum atomic E-state index is 0.0388. The van der Waals surface area contributed by atoms with E-state index in [4.69, 9.17) is 5.73 Å². The molecule has 0 bridgehead atoms. The Kier molecular flexibility index (Phi) is 3.63. The number of nitrogens with zero attached hydrogens (tertiary/aromatic N) is 3. The van der Waals surface area contributed by atoms with E-state index in [9.17, 15) is 0 Å². The highest BCUT2D eigenvalue weighted by Gasteiger charge is 2.12. The lowest BCUT2D eigenvalue weighted by atomic mass is 10.1. The molecule has 5 nitrogen and oxygen atoms in total. The van der Waals surface area contributed by atoms with Crippen LogP contribution in [0.15, 0.2) is 11.6 Å². The molecule has 86 valence electrons. The molecule has 2 heterocycles. The van der Waals surface area contributed by atoms with Crippen molar-refractivity contribution in [3.63, 3.8) is 0 Å². The van der Waals surface area contributed by atoms with Crippen LogP contribution >= 0.6 is 11.3 Å². The van der Waals surface area contributed by atoms with Gasteiger partial charge in [-0.15, -0.1) is 11.3 Å². The highest BCUT2D eigenvalue weighted by Crippen LogP contribution is 2.25. The molecule has 0 spiro atoms. The Bertz CT molecular complexity index is 422. The number of hydrogen-bond donors (Lipinski definition) is 2. The van der Waals surface area contributed by atoms with E-state index in [0.29, 0.717) is 0 Å². The van der Waals surface area contributed by atoms with E-state index < -0.39 is 0 Å². The lowest BCUT2D eigenvalue weighted by Crippen LogP contribution is -2.10. The van der Waals surface area contributed by atoms with Crippen LogP contribution in [0.3, 0.4) is 0 Å². The third-order valence-electron chi connectivity index (χ3n) is 2.40. The van der Waals surface area contributed by atoms with Gasteiger partial charge >= 0.3 is 0 Å². The van der Waals surface area contributed by atoms with E-state index in [1.54, 1.807) is 17.5 Å². The van der Waals surface area contributed by atoms with Crippen LogP contribution in [0.5, 0.6) is 0 Å². The Balaban J connectivity index is 2.07. The third kappa shape index (κ3) is 2.45. The van der Waals surface area contributed by atoms with Crippen LogP contribution in [-0.4, -0.2) is 20.4 Å². The van der Waals surface area contributed by atoms with Gasteiger partial charge in [0.25, 0.3) is 0 Å². The summed E-state index contributed by atoms with van der Waals surface area (Å²) in [5, 5.41) is 13.2. The summed E-state index contributed by atoms with van der Waals surface area (Å²) >= 11 is 1.56. The molecule has 3 N–H and O–H groups in total. The van der Waals surface area contributed by atoms with Crippen molar-refractivity contribution in [3.05, 3.63) is 17.3 Å². The van der Waals surface area contributed by atoms with Gasteiger partial charge in [0.2, 0.25) is 0 Å². The van der Waals surface area contributed by atoms with Gasteiger partial charge in [-0.3, -0.25) is 0 Å². The summed E-state index contributed by atoms with van der Waals surface area (Å²) in [5.41, 5.74) is 7.78. The summed E-state index contributed by atoms with van der Waals surface area (Å²) in [6, 6.07) is 0.0388. The molecule has 0 aliphatic rings. The Morgan fingerprint density at radius 1 is 1.56 bits per heavy atom. The average molecular weight is 237 g/mol. The molecular weight excluding hydrogens is 222 g/mol. The van der Waals surface area contributed by atoms with Crippen molar-refractivity contribution in [1.82, 2.24) is 20.4 Å². The van der Waals surface area contributed by atoms with Crippen molar-refractivity contribution in [2.45, 2.75) is 32.2 Å². The van der Waals surface area contributed by atoms with E-state index in [-0.39, 0.29) is 6.04 Å². The van der Waals surface area contributed by atoms with Crippen LogP contribution in [0.2, 0.25) is 0 Å². The number of rotatable bonds is 5. The molecule has 0 aliphatic heterocycles. The fourth-order valence-corrected chi connectivity index (χ4v) is 2.29. The van der Waals surface area contributed by atoms with Gasteiger partial charge in [0.1, 0.15) is 10.7 Å². The lowest BCUT2D eigenvalue weighted by molar-refractivity contribution is 0.593. The Morgan fingerprint density at radius 3 is 3.12 bits per heavy atom. The third-order valence-corrected chi connectivity index (χ3v) is 3.29. The topological polar surface area (TPSA) is 80.5 Å². The molecule has 16 heavy (non-hydrogen) atoms. The van der Waals surface area contributed by atoms with E-state index in [2.05, 4.69) is 27.3 Å². The fourth-order valence-electron chi connectivity index (χ4n) is 1.45. The van der Waals surface area contributed by atoms with Gasteiger partial charge < -0.3 is 5.73 Å². The summed E-state index contributed by atoms with van der Waals surface area (Å²) in [7, 11) is 0. The van der Waals surface area contributed by atoms with E-state index in [1.165, 1.54) is 0 Å². The zero-order valence-electron chi connectivity index (χ0n) is 9.18. The molecule has 0 aromatic carbocycles. The number of nitrogens with one attached hydrogen (secondary N) is 1. The van der Waals surface area contributed by atoms with E-state index in [0.717, 1.165) is 35.7 Å². The molecule has 2 aromatic heterocycles. The Labute approximate surface area is 98.1 Å². The van der Waals surface area contributed by atoms with Gasteiger partial charge in [-0.05, 0) is 6.42 Å². The number of nitrogens with two attached hydrogens (primary N) is 1. The summed E-state index contributed by atoms with van der Waals surface area (Å²) in [6.07, 6.45) is 4.95. The van der Waals surface area contributed by atoms with Crippen molar-refractivity contribution in [3.8, 4) is 10.7 Å². The number of unbranched alkanes of at least 4 members (excludes halogenated alkanes) is 1. The molecule has 2 aromatic rings. The van der Waals surface area contributed by atoms with Crippen LogP contribution in [0.4, 0.5) is 0 Å². The van der Waals surface area contributed by atoms with Gasteiger partial charge in [-0.2, -0.15) is 15.4 Å². The van der Waals surface area contributed by atoms with Crippen LogP contribution in [0, 0.1) is 0 Å². The minimum absolute atomic E-state index is 0.0388. The normalized spacial score (nSPS) is 12.9. The molecule has 0 aliphatic carbocycles. The molecule has 0 radical (unpaired) electrons. The van der Waals surface area contributed by atoms with Gasteiger partial charge in [0.05, 0.1) is 11.9 Å². The largest absolute Gasteiger partial charge is 0.323 e. The predicted molar refractivity (Wildman–Crippen MR) is 63.9 cm³/mol. The van der Waals surface area contributed by atoms with Crippen molar-refractivity contribution in [2.75, 3.05) is 0 Å². The molecule has 0 saturated heterocycles. The second-order valence-electron chi connectivity index (χ2n) is 3.68. The highest BCUT2D eigenvalue weighted by atomic mass is 32.1. The predicted octanol–water partition coefficient (Wildman–Crippen LogP) is 2.12. The van der Waals surface area contributed by atoms with Crippen molar-refractivity contribution < 1.29 is 0 Å². The monoisotopic (exact) mass is 237 g/mol. The number of H-pyrrole nitrogens is 1. The van der Waals surface area contributed by atoms with E-state index >= 15 is 0 Å². The molecule has 0 amide bonds. The number of aromatic amines is 1. The van der Waals surface area contributed by atoms with Crippen LogP contribution < -0.4 is 5.73 Å². The zero-order valence-corrected chi connectivity index (χ0v) is 10.00. The maximum atomic E-state index is 6.05. The van der Waals surface area contributed by atoms with E-state index in [1.807, 2.05) is 5.38 Å². The minimum Gasteiger partial charge on any atom is -0.323 e. The van der Waals surface area contributed by atoms with Crippen LogP contribution in [-0.2, 0) is 0 Å². The maximum Gasteiger partial charge on any atom is 0.145 e. The van der Waals surface area contributed by atoms with Crippen molar-refractivity contribution in [1.29, 1.82) is 0 Å². The van der Waals surface area contributed by atoms with Crippen LogP contribution in [0.25, 0.3) is 10.7 Å². The number of hydrogen-bond acceptors (Lipinski definition) is 5. The SMILES string of the molecule is CCCCC(N)c1csc(-c2cn[nH]n2)n1. The molecule has 6 heteroatoms. The summed E-state index contributed by atoms with van der Waals surface area (Å²) in [6.45, 7) is 2.16. The number of aromatic nitrogens is 4. The Hall–Kier alpha value is -1.27. The summed E-state index contributed by atoms with van der Waals surface area (Å²) < 4.78 is 0. The van der Waals surface area contributed by atoms with Gasteiger partial charge in [-0.25, -0.2) is 4.98 Å². The van der Waals surface area contributed by atoms with Crippen LogP contribution in [0.1, 0.15) is 37.9 Å². The van der Waals surface area contributed by atoms with Gasteiger partial charge in [0, 0.05) is 11.4 Å². The lowest BCUT2D eigenvalue weighted by Gasteiger charge is -2.06. The first-order valence-electron chi connectivity index (χ1n) is 5.38. The molecule has 1 atom stereocenters. The number of thiazole rings is 1. The molecule has 0 saturated carbocycles. The molecule has 0 fully saturated rings. The van der Waals surface area contributed by atoms with Crippen molar-refractivity contribution >= 4 is 11.3 Å². The summed E-state index contributed by atoms with van der Waals surface area (Å²) in [4.78, 5) is 4.48. The quantitative estimate of drug-likeness (QED) is 0.834. The first kappa shape index (κ1) is 11.2. The Morgan fingerprint density at radius 2 is 2.44 bits per heavy atom. The average Bonchev–Trinajstić information content (AvgIpc) is 2.94. The van der Waals surface area contributed by atoms with Gasteiger partial charge in [-0.1, -0.05) is 19.8 Å². The first-order chi connectivity index (χ1) is 7.81. The highest BCUT2D eigenvalue weighted by molar-refractivity contribution is 7.13. The fraction of sp³-hybridized carbons (Fsp3) is 0.500. The summed E-state index contributed by atoms with van der Waals surface area (Å²) in [5.74, 6) is 0. The first-order valence-corrected chi connectivity index (χ1v) is 6.26. The second-order valence-corrected chi connectivity index (χ2v) is 4.54. The van der Waals surface area contributed by atoms with Gasteiger partial charge in [0.15, 0.2) is 0 Å². The molecular formula is C10H15N5S. The molecule has 2 rings (SSSR count). The molecule has 1 unspecified atom stereocenters. The maximum absolute atomic E-state index is 6.05. The smallest absolute Gasteiger partial charge is 0.145 e. The van der Waals surface area contributed by atoms with Crippen molar-refractivity contribution in [2.24, 2.45) is 5.73 Å². The zero-order chi connectivity index (χ0) is 11.4. The second kappa shape index (κ2) is 5.18.